The van der Waals surface area contributed by atoms with E-state index in [1.807, 2.05) is 0 Å². The van der Waals surface area contributed by atoms with Crippen molar-refractivity contribution in [2.75, 3.05) is 12.3 Å². The Hall–Kier alpha value is -1.73. The van der Waals surface area contributed by atoms with Crippen molar-refractivity contribution in [3.8, 4) is 6.07 Å². The third-order valence-corrected chi connectivity index (χ3v) is 1.94. The van der Waals surface area contributed by atoms with Gasteiger partial charge in [-0.3, -0.25) is 0 Å². The van der Waals surface area contributed by atoms with Gasteiger partial charge in [0.1, 0.15) is 6.07 Å². The molecule has 0 unspecified atom stereocenters. The fraction of sp³-hybridized carbons (Fsp3) is 0.111. The van der Waals surface area contributed by atoms with E-state index in [4.69, 9.17) is 22.6 Å². The molecule has 1 aromatic carbocycles. The molecule has 0 saturated carbocycles. The van der Waals surface area contributed by atoms with Crippen molar-refractivity contribution < 1.29 is 9.53 Å². The summed E-state index contributed by atoms with van der Waals surface area (Å²) in [7, 11) is 0. The lowest BCUT2D eigenvalue weighted by Crippen LogP contribution is -2.06. The molecule has 0 aliphatic rings. The molecule has 72 valence electrons. The summed E-state index contributed by atoms with van der Waals surface area (Å²) in [5.41, 5.74) is 5.95. The Balaban J connectivity index is 2.91. The van der Waals surface area contributed by atoms with Crippen LogP contribution in [0.25, 0.3) is 0 Å². The van der Waals surface area contributed by atoms with Crippen LogP contribution in [-0.4, -0.2) is 12.6 Å². The molecule has 0 fully saturated rings. The zero-order chi connectivity index (χ0) is 10.6. The van der Waals surface area contributed by atoms with Gasteiger partial charge in [0.15, 0.2) is 6.61 Å². The molecule has 0 heterocycles. The molecule has 0 amide bonds. The second-order valence-electron chi connectivity index (χ2n) is 2.44. The van der Waals surface area contributed by atoms with Gasteiger partial charge in [-0.15, -0.1) is 0 Å². The standard InChI is InChI=1S/C9H7ClN2O2/c10-8-6(2-1-3-7(8)12)9(13)14-5-4-11/h1-3H,5,12H2. The lowest BCUT2D eigenvalue weighted by atomic mass is 10.2. The normalized spacial score (nSPS) is 9.14. The molecular formula is C9H7ClN2O2. The maximum absolute atomic E-state index is 11.3. The first-order chi connectivity index (χ1) is 6.66. The number of rotatable bonds is 2. The van der Waals surface area contributed by atoms with Crippen molar-refractivity contribution in [3.05, 3.63) is 28.8 Å². The van der Waals surface area contributed by atoms with Crippen LogP contribution in [-0.2, 0) is 4.74 Å². The predicted octanol–water partition coefficient (Wildman–Crippen LogP) is 1.60. The van der Waals surface area contributed by atoms with Gasteiger partial charge in [0.2, 0.25) is 0 Å². The Morgan fingerprint density at radius 2 is 2.36 bits per heavy atom. The van der Waals surface area contributed by atoms with Crippen molar-refractivity contribution >= 4 is 23.3 Å². The van der Waals surface area contributed by atoms with Gasteiger partial charge in [0, 0.05) is 0 Å². The monoisotopic (exact) mass is 210 g/mol. The fourth-order valence-electron chi connectivity index (χ4n) is 0.883. The van der Waals surface area contributed by atoms with Gasteiger partial charge in [0.25, 0.3) is 0 Å². The quantitative estimate of drug-likeness (QED) is 0.594. The maximum atomic E-state index is 11.3. The van der Waals surface area contributed by atoms with Crippen LogP contribution >= 0.6 is 11.6 Å². The van der Waals surface area contributed by atoms with E-state index in [1.165, 1.54) is 6.07 Å². The Kier molecular flexibility index (Phi) is 3.32. The first-order valence-corrected chi connectivity index (χ1v) is 4.12. The van der Waals surface area contributed by atoms with E-state index < -0.39 is 5.97 Å². The summed E-state index contributed by atoms with van der Waals surface area (Å²) >= 11 is 5.76. The summed E-state index contributed by atoms with van der Waals surface area (Å²) in [5, 5.41) is 8.35. The molecule has 14 heavy (non-hydrogen) atoms. The molecule has 1 aromatic rings. The largest absolute Gasteiger partial charge is 0.447 e. The van der Waals surface area contributed by atoms with E-state index in [-0.39, 0.29) is 17.2 Å². The Labute approximate surface area is 85.8 Å². The number of esters is 1. The number of carbonyl (C=O) groups excluding carboxylic acids is 1. The molecule has 4 nitrogen and oxygen atoms in total. The van der Waals surface area contributed by atoms with Gasteiger partial charge in [0.05, 0.1) is 16.3 Å². The number of ether oxygens (including phenoxy) is 1. The second-order valence-corrected chi connectivity index (χ2v) is 2.82. The summed E-state index contributed by atoms with van der Waals surface area (Å²) in [6, 6.07) is 6.33. The van der Waals surface area contributed by atoms with Crippen LogP contribution in [0.15, 0.2) is 18.2 Å². The first kappa shape index (κ1) is 10.4. The van der Waals surface area contributed by atoms with Crippen LogP contribution in [0.2, 0.25) is 5.02 Å². The Morgan fingerprint density at radius 1 is 1.64 bits per heavy atom. The number of hydrogen-bond acceptors (Lipinski definition) is 4. The van der Waals surface area contributed by atoms with Gasteiger partial charge in [-0.25, -0.2) is 4.79 Å². The number of nitrogens with zero attached hydrogens (tertiary/aromatic N) is 1. The number of hydrogen-bond donors (Lipinski definition) is 1. The van der Waals surface area contributed by atoms with Gasteiger partial charge < -0.3 is 10.5 Å². The maximum Gasteiger partial charge on any atom is 0.340 e. The van der Waals surface area contributed by atoms with Crippen LogP contribution in [0.1, 0.15) is 10.4 Å². The van der Waals surface area contributed by atoms with E-state index in [0.29, 0.717) is 5.69 Å². The minimum absolute atomic E-state index is 0.149. The third-order valence-electron chi connectivity index (χ3n) is 1.52. The molecule has 0 atom stereocenters. The summed E-state index contributed by atoms with van der Waals surface area (Å²) in [6.07, 6.45) is 0. The lowest BCUT2D eigenvalue weighted by Gasteiger charge is -2.04. The van der Waals surface area contributed by atoms with Gasteiger partial charge in [-0.05, 0) is 12.1 Å². The minimum Gasteiger partial charge on any atom is -0.447 e. The summed E-state index contributed by atoms with van der Waals surface area (Å²) in [4.78, 5) is 11.3. The van der Waals surface area contributed by atoms with E-state index in [1.54, 1.807) is 18.2 Å². The van der Waals surface area contributed by atoms with Gasteiger partial charge >= 0.3 is 5.97 Å². The van der Waals surface area contributed by atoms with Crippen molar-refractivity contribution in [2.24, 2.45) is 0 Å². The van der Waals surface area contributed by atoms with Crippen LogP contribution in [0.3, 0.4) is 0 Å². The number of benzene rings is 1. The molecule has 0 aromatic heterocycles. The number of anilines is 1. The Bertz CT molecular complexity index is 398. The number of nitrogens with two attached hydrogens (primary N) is 1. The van der Waals surface area contributed by atoms with Crippen molar-refractivity contribution in [3.63, 3.8) is 0 Å². The molecule has 2 N–H and O–H groups in total. The van der Waals surface area contributed by atoms with Gasteiger partial charge in [-0.1, -0.05) is 17.7 Å². The van der Waals surface area contributed by atoms with Crippen LogP contribution < -0.4 is 5.73 Å². The summed E-state index contributed by atoms with van der Waals surface area (Å²) < 4.78 is 4.57. The molecule has 0 aliphatic carbocycles. The molecule has 0 radical (unpaired) electrons. The average molecular weight is 211 g/mol. The van der Waals surface area contributed by atoms with Crippen LogP contribution in [0.4, 0.5) is 5.69 Å². The molecule has 0 spiro atoms. The van der Waals surface area contributed by atoms with E-state index in [9.17, 15) is 4.79 Å². The van der Waals surface area contributed by atoms with E-state index in [0.717, 1.165) is 0 Å². The van der Waals surface area contributed by atoms with Crippen molar-refractivity contribution in [1.82, 2.24) is 0 Å². The lowest BCUT2D eigenvalue weighted by molar-refractivity contribution is 0.0555. The summed E-state index contributed by atoms with van der Waals surface area (Å²) in [5.74, 6) is -0.649. The SMILES string of the molecule is N#CCOC(=O)c1cccc(N)c1Cl. The fourth-order valence-corrected chi connectivity index (χ4v) is 1.09. The van der Waals surface area contributed by atoms with Crippen LogP contribution in [0, 0.1) is 11.3 Å². The molecule has 0 aliphatic heterocycles. The van der Waals surface area contributed by atoms with E-state index in [2.05, 4.69) is 4.74 Å². The third kappa shape index (κ3) is 2.15. The first-order valence-electron chi connectivity index (χ1n) is 3.75. The summed E-state index contributed by atoms with van der Waals surface area (Å²) in [6.45, 7) is -0.302. The van der Waals surface area contributed by atoms with Crippen molar-refractivity contribution in [2.45, 2.75) is 0 Å². The molecule has 0 bridgehead atoms. The van der Waals surface area contributed by atoms with Gasteiger partial charge in [-0.2, -0.15) is 5.26 Å². The second kappa shape index (κ2) is 4.49. The van der Waals surface area contributed by atoms with Crippen LogP contribution in [0.5, 0.6) is 0 Å². The number of nitrogen functional groups attached to an aromatic ring is 1. The highest BCUT2D eigenvalue weighted by Crippen LogP contribution is 2.23. The average Bonchev–Trinajstić information content (AvgIpc) is 2.18. The minimum atomic E-state index is -0.649. The van der Waals surface area contributed by atoms with Crippen molar-refractivity contribution in [1.29, 1.82) is 5.26 Å². The highest BCUT2D eigenvalue weighted by atomic mass is 35.5. The number of nitriles is 1. The number of carbonyl (C=O) groups is 1. The highest BCUT2D eigenvalue weighted by Gasteiger charge is 2.12. The Morgan fingerprint density at radius 3 is 3.00 bits per heavy atom. The topological polar surface area (TPSA) is 76.1 Å². The zero-order valence-electron chi connectivity index (χ0n) is 7.16. The molecule has 1 rings (SSSR count). The molecule has 5 heteroatoms. The predicted molar refractivity (Wildman–Crippen MR) is 51.8 cm³/mol. The molecule has 0 saturated heterocycles. The zero-order valence-corrected chi connectivity index (χ0v) is 7.91. The smallest absolute Gasteiger partial charge is 0.340 e. The molecular weight excluding hydrogens is 204 g/mol. The number of halogens is 1. The van der Waals surface area contributed by atoms with E-state index >= 15 is 0 Å². The highest BCUT2D eigenvalue weighted by molar-refractivity contribution is 6.36.